The lowest BCUT2D eigenvalue weighted by molar-refractivity contribution is -0.136. The van der Waals surface area contributed by atoms with E-state index in [0.29, 0.717) is 12.0 Å². The van der Waals surface area contributed by atoms with Crippen molar-refractivity contribution in [2.75, 3.05) is 0 Å². The van der Waals surface area contributed by atoms with Crippen LogP contribution in [0, 0.1) is 12.5 Å². The van der Waals surface area contributed by atoms with E-state index >= 15 is 0 Å². The predicted octanol–water partition coefficient (Wildman–Crippen LogP) is 5.50. The molecule has 1 aromatic carbocycles. The van der Waals surface area contributed by atoms with Crippen LogP contribution in [0.3, 0.4) is 0 Å². The van der Waals surface area contributed by atoms with Gasteiger partial charge in [-0.2, -0.15) is 18.3 Å². The second-order valence-corrected chi connectivity index (χ2v) is 6.62. The molecule has 0 aliphatic heterocycles. The smallest absolute Gasteiger partial charge is 0.281 e. The van der Waals surface area contributed by atoms with Crippen molar-refractivity contribution in [2.24, 2.45) is 11.0 Å². The van der Waals surface area contributed by atoms with Crippen LogP contribution in [-0.4, -0.2) is 10.4 Å². The van der Waals surface area contributed by atoms with Crippen LogP contribution in [-0.2, 0) is 6.18 Å². The highest BCUT2D eigenvalue weighted by molar-refractivity contribution is 5.87. The Balaban J connectivity index is 2.33. The molecule has 0 radical (unpaired) electrons. The van der Waals surface area contributed by atoms with Gasteiger partial charge in [0.25, 0.3) is 11.2 Å². The van der Waals surface area contributed by atoms with Crippen molar-refractivity contribution in [2.45, 2.75) is 38.8 Å². The summed E-state index contributed by atoms with van der Waals surface area (Å²) < 4.78 is 41.3. The molecule has 7 heteroatoms. The number of pyridine rings is 1. The Labute approximate surface area is 154 Å². The van der Waals surface area contributed by atoms with Crippen molar-refractivity contribution in [1.82, 2.24) is 4.68 Å². The molecular weight excluding hydrogens is 355 g/mol. The van der Waals surface area contributed by atoms with E-state index in [4.69, 9.17) is 6.57 Å². The van der Waals surface area contributed by atoms with E-state index in [0.717, 1.165) is 35.7 Å². The molecule has 2 aromatic rings. The fourth-order valence-corrected chi connectivity index (χ4v) is 3.28. The predicted molar refractivity (Wildman–Crippen MR) is 97.9 cm³/mol. The Hall–Kier alpha value is -2.88. The van der Waals surface area contributed by atoms with Crippen molar-refractivity contribution in [3.63, 3.8) is 0 Å². The molecular formula is C20H18F3N3O. The van der Waals surface area contributed by atoms with Gasteiger partial charge in [-0.15, -0.1) is 0 Å². The van der Waals surface area contributed by atoms with Gasteiger partial charge in [-0.05, 0) is 31.2 Å². The maximum absolute atomic E-state index is 13.4. The second kappa shape index (κ2) is 7.39. The third kappa shape index (κ3) is 3.80. The lowest BCUT2D eigenvalue weighted by atomic mass is 9.89. The summed E-state index contributed by atoms with van der Waals surface area (Å²) in [6, 6.07) is 9.18. The van der Waals surface area contributed by atoms with Gasteiger partial charge in [0.1, 0.15) is 0 Å². The highest BCUT2D eigenvalue weighted by Gasteiger charge is 2.36. The van der Waals surface area contributed by atoms with Gasteiger partial charge in [-0.3, -0.25) is 4.79 Å². The zero-order valence-corrected chi connectivity index (χ0v) is 14.8. The van der Waals surface area contributed by atoms with E-state index in [1.807, 2.05) is 6.92 Å². The monoisotopic (exact) mass is 373 g/mol. The van der Waals surface area contributed by atoms with Crippen molar-refractivity contribution in [3.8, 4) is 11.3 Å². The molecule has 140 valence electrons. The Bertz CT molecular complexity index is 969. The van der Waals surface area contributed by atoms with E-state index in [-0.39, 0.29) is 11.6 Å². The van der Waals surface area contributed by atoms with Crippen LogP contribution in [0.5, 0.6) is 0 Å². The summed E-state index contributed by atoms with van der Waals surface area (Å²) in [7, 11) is 0. The van der Waals surface area contributed by atoms with Crippen molar-refractivity contribution >= 4 is 11.4 Å². The lowest BCUT2D eigenvalue weighted by Gasteiger charge is -2.21. The molecule has 3 rings (SSSR count). The average Bonchev–Trinajstić information content (AvgIpc) is 2.64. The molecule has 4 nitrogen and oxygen atoms in total. The van der Waals surface area contributed by atoms with E-state index in [9.17, 15) is 18.0 Å². The molecule has 0 bridgehead atoms. The average molecular weight is 373 g/mol. The third-order valence-electron chi connectivity index (χ3n) is 4.76. The van der Waals surface area contributed by atoms with E-state index < -0.39 is 23.0 Å². The number of nitrogens with zero attached hydrogens (tertiary/aromatic N) is 3. The van der Waals surface area contributed by atoms with Gasteiger partial charge in [-0.25, -0.2) is 9.52 Å². The Morgan fingerprint density at radius 1 is 1.22 bits per heavy atom. The first kappa shape index (κ1) is 18.9. The van der Waals surface area contributed by atoms with Crippen molar-refractivity contribution in [1.29, 1.82) is 0 Å². The molecule has 1 aliphatic carbocycles. The molecule has 0 saturated heterocycles. The largest absolute Gasteiger partial charge is 0.407 e. The van der Waals surface area contributed by atoms with Crippen LogP contribution in [0.2, 0.25) is 0 Å². The maximum atomic E-state index is 13.4. The molecule has 1 saturated carbocycles. The van der Waals surface area contributed by atoms with Crippen LogP contribution in [0.1, 0.15) is 38.2 Å². The van der Waals surface area contributed by atoms with E-state index in [1.165, 1.54) is 0 Å². The maximum Gasteiger partial charge on any atom is 0.407 e. The number of rotatable bonds is 2. The molecule has 1 heterocycles. The van der Waals surface area contributed by atoms with Crippen LogP contribution in [0.4, 0.5) is 18.9 Å². The molecule has 1 aromatic heterocycles. The minimum atomic E-state index is -4.80. The number of aromatic nitrogens is 1. The van der Waals surface area contributed by atoms with Crippen LogP contribution in [0.25, 0.3) is 16.1 Å². The minimum absolute atomic E-state index is 0.0330. The topological polar surface area (TPSA) is 38.7 Å². The highest BCUT2D eigenvalue weighted by atomic mass is 19.4. The van der Waals surface area contributed by atoms with E-state index in [2.05, 4.69) is 9.95 Å². The summed E-state index contributed by atoms with van der Waals surface area (Å²) in [5, 5.41) is 4.42. The van der Waals surface area contributed by atoms with Gasteiger partial charge < -0.3 is 0 Å². The zero-order chi connectivity index (χ0) is 19.6. The Morgan fingerprint density at radius 2 is 1.93 bits per heavy atom. The quantitative estimate of drug-likeness (QED) is 0.641. The molecule has 1 aliphatic rings. The SMILES string of the molecule is [C-]#[N+]c1c(C(F)(F)F)cc(-c2ccccc2)n(/N=C2\CCCCC2C)c1=O. The minimum Gasteiger partial charge on any atom is -0.281 e. The first-order valence-corrected chi connectivity index (χ1v) is 8.70. The van der Waals surface area contributed by atoms with Crippen LogP contribution >= 0.6 is 0 Å². The first-order chi connectivity index (χ1) is 12.8. The number of alkyl halides is 3. The molecule has 1 fully saturated rings. The van der Waals surface area contributed by atoms with Gasteiger partial charge in [0, 0.05) is 11.3 Å². The van der Waals surface area contributed by atoms with Crippen molar-refractivity contribution in [3.05, 3.63) is 63.7 Å². The van der Waals surface area contributed by atoms with Gasteiger partial charge in [-0.1, -0.05) is 43.7 Å². The summed E-state index contributed by atoms with van der Waals surface area (Å²) in [6.07, 6.45) is -1.20. The van der Waals surface area contributed by atoms with Gasteiger partial charge in [0.15, 0.2) is 0 Å². The van der Waals surface area contributed by atoms with Crippen LogP contribution < -0.4 is 5.56 Å². The number of hydrogen-bond donors (Lipinski definition) is 0. The summed E-state index contributed by atoms with van der Waals surface area (Å²) in [5.74, 6) is 0.146. The lowest BCUT2D eigenvalue weighted by Crippen LogP contribution is -2.25. The molecule has 1 unspecified atom stereocenters. The normalized spacial score (nSPS) is 19.1. The zero-order valence-electron chi connectivity index (χ0n) is 14.8. The van der Waals surface area contributed by atoms with Gasteiger partial charge >= 0.3 is 6.18 Å². The summed E-state index contributed by atoms with van der Waals surface area (Å²) in [4.78, 5) is 15.7. The third-order valence-corrected chi connectivity index (χ3v) is 4.76. The fourth-order valence-electron chi connectivity index (χ4n) is 3.28. The molecule has 27 heavy (non-hydrogen) atoms. The summed E-state index contributed by atoms with van der Waals surface area (Å²) >= 11 is 0. The molecule has 0 spiro atoms. The molecule has 0 amide bonds. The molecule has 0 N–H and O–H groups in total. The Morgan fingerprint density at radius 3 is 2.52 bits per heavy atom. The highest BCUT2D eigenvalue weighted by Crippen LogP contribution is 2.37. The molecule has 1 atom stereocenters. The van der Waals surface area contributed by atoms with Crippen LogP contribution in [0.15, 0.2) is 46.3 Å². The Kier molecular flexibility index (Phi) is 5.17. The van der Waals surface area contributed by atoms with E-state index in [1.54, 1.807) is 30.3 Å². The summed E-state index contributed by atoms with van der Waals surface area (Å²) in [6.45, 7) is 9.09. The van der Waals surface area contributed by atoms with Gasteiger partial charge in [0.05, 0.1) is 17.8 Å². The second-order valence-electron chi connectivity index (χ2n) is 6.62. The number of hydrogen-bond acceptors (Lipinski definition) is 2. The van der Waals surface area contributed by atoms with Crippen molar-refractivity contribution < 1.29 is 13.2 Å². The number of halogens is 3. The number of benzene rings is 1. The standard InChI is InChI=1S/C20H18F3N3O/c1-13-8-6-7-11-16(13)25-26-17(14-9-4-3-5-10-14)12-15(20(21,22)23)18(24-2)19(26)27/h3-5,9-10,12-13H,6-8,11H2,1H3/b25-16+. The van der Waals surface area contributed by atoms with Gasteiger partial charge in [0.2, 0.25) is 0 Å². The fraction of sp³-hybridized carbons (Fsp3) is 0.350. The summed E-state index contributed by atoms with van der Waals surface area (Å²) in [5.41, 5.74) is -1.97. The first-order valence-electron chi connectivity index (χ1n) is 8.70.